The Morgan fingerprint density at radius 1 is 0.941 bits per heavy atom. The molecule has 5 aromatic rings. The summed E-state index contributed by atoms with van der Waals surface area (Å²) in [4.78, 5) is 4.56. The van der Waals surface area contributed by atoms with E-state index in [0.717, 1.165) is 9.99 Å². The second-order valence-electron chi connectivity index (χ2n) is 7.56. The first-order valence-electron chi connectivity index (χ1n) is 10.4. The van der Waals surface area contributed by atoms with Gasteiger partial charge in [-0.05, 0) is 53.6 Å². The van der Waals surface area contributed by atoms with Gasteiger partial charge in [0.2, 0.25) is 0 Å². The lowest BCUT2D eigenvalue weighted by molar-refractivity contribution is 0.485. The fourth-order valence-electron chi connectivity index (χ4n) is 3.68. The third-order valence-corrected chi connectivity index (χ3v) is 7.46. The molecule has 3 aromatic heterocycles. The van der Waals surface area contributed by atoms with E-state index in [1.54, 1.807) is 88.3 Å². The van der Waals surface area contributed by atoms with Gasteiger partial charge in [0.05, 0.1) is 17.1 Å². The zero-order valence-corrected chi connectivity index (χ0v) is 19.4. The van der Waals surface area contributed by atoms with Crippen LogP contribution in [0.2, 0.25) is 5.15 Å². The number of hydrogen-bond donors (Lipinski definition) is 0. The number of anilines is 1. The maximum absolute atomic E-state index is 13.8. The van der Waals surface area contributed by atoms with E-state index in [2.05, 4.69) is 10.1 Å². The van der Waals surface area contributed by atoms with Crippen molar-refractivity contribution in [3.63, 3.8) is 0 Å². The third kappa shape index (κ3) is 4.04. The number of benzene rings is 2. The third-order valence-electron chi connectivity index (χ3n) is 5.36. The highest BCUT2D eigenvalue weighted by Crippen LogP contribution is 2.32. The van der Waals surface area contributed by atoms with E-state index in [1.165, 1.54) is 12.1 Å². The minimum absolute atomic E-state index is 0.0678. The Balaban J connectivity index is 1.61. The zero-order chi connectivity index (χ0) is 23.7. The van der Waals surface area contributed by atoms with Crippen molar-refractivity contribution >= 4 is 33.1 Å². The van der Waals surface area contributed by atoms with Crippen LogP contribution in [0.25, 0.3) is 11.3 Å². The summed E-state index contributed by atoms with van der Waals surface area (Å²) < 4.78 is 45.3. The fraction of sp³-hybridized carbons (Fsp3) is 0.0833. The highest BCUT2D eigenvalue weighted by atomic mass is 35.5. The molecular formula is C24H19ClFN5O2S. The molecule has 0 atom stereocenters. The summed E-state index contributed by atoms with van der Waals surface area (Å²) in [7, 11) is -4.08. The predicted molar refractivity (Wildman–Crippen MR) is 128 cm³/mol. The first-order chi connectivity index (χ1) is 16.5. The summed E-state index contributed by atoms with van der Waals surface area (Å²) in [5, 5.41) is 4.33. The van der Waals surface area contributed by atoms with Crippen LogP contribution in [-0.2, 0) is 23.2 Å². The number of fused-ring (bicyclic) bond motifs is 1. The Morgan fingerprint density at radius 2 is 1.74 bits per heavy atom. The second kappa shape index (κ2) is 8.92. The molecule has 7 nitrogen and oxygen atoms in total. The van der Waals surface area contributed by atoms with Crippen LogP contribution in [0.4, 0.5) is 10.2 Å². The van der Waals surface area contributed by atoms with Gasteiger partial charge < -0.3 is 0 Å². The highest BCUT2D eigenvalue weighted by molar-refractivity contribution is 7.92. The summed E-state index contributed by atoms with van der Waals surface area (Å²) in [5.74, 6) is 0.0923. The van der Waals surface area contributed by atoms with Crippen LogP contribution in [0.15, 0.2) is 96.3 Å². The molecule has 34 heavy (non-hydrogen) atoms. The van der Waals surface area contributed by atoms with Gasteiger partial charge in [0, 0.05) is 18.6 Å². The molecule has 0 aliphatic rings. The summed E-state index contributed by atoms with van der Waals surface area (Å²) in [5.41, 5.74) is 2.30. The average molecular weight is 496 g/mol. The largest absolute Gasteiger partial charge is 0.289 e. The lowest BCUT2D eigenvalue weighted by Gasteiger charge is -2.23. The molecule has 0 saturated heterocycles. The van der Waals surface area contributed by atoms with Gasteiger partial charge >= 0.3 is 0 Å². The normalized spacial score (nSPS) is 11.7. The Bertz CT molecular complexity index is 1550. The molecule has 0 saturated carbocycles. The van der Waals surface area contributed by atoms with Crippen molar-refractivity contribution in [3.05, 3.63) is 108 Å². The van der Waals surface area contributed by atoms with Gasteiger partial charge in [0.15, 0.2) is 11.0 Å². The second-order valence-corrected chi connectivity index (χ2v) is 9.79. The van der Waals surface area contributed by atoms with Crippen molar-refractivity contribution in [2.45, 2.75) is 18.1 Å². The van der Waals surface area contributed by atoms with Gasteiger partial charge in [-0.1, -0.05) is 41.9 Å². The molecule has 0 radical (unpaired) electrons. The molecule has 0 N–H and O–H groups in total. The fourth-order valence-corrected chi connectivity index (χ4v) is 5.43. The summed E-state index contributed by atoms with van der Waals surface area (Å²) >= 11 is 6.59. The maximum Gasteiger partial charge on any atom is 0.265 e. The number of aromatic nitrogens is 4. The molecule has 10 heteroatoms. The number of hydrogen-bond acceptors (Lipinski definition) is 4. The number of halogens is 2. The van der Waals surface area contributed by atoms with E-state index >= 15 is 0 Å². The van der Waals surface area contributed by atoms with E-state index in [9.17, 15) is 12.8 Å². The molecule has 0 aliphatic carbocycles. The molecule has 2 aromatic carbocycles. The van der Waals surface area contributed by atoms with E-state index in [0.29, 0.717) is 16.8 Å². The Hall–Kier alpha value is -3.69. The van der Waals surface area contributed by atoms with Crippen LogP contribution in [0, 0.1) is 0 Å². The van der Waals surface area contributed by atoms with Crippen molar-refractivity contribution in [3.8, 4) is 5.69 Å². The summed E-state index contributed by atoms with van der Waals surface area (Å²) in [6.07, 6.45) is 5.12. The summed E-state index contributed by atoms with van der Waals surface area (Å²) in [6.45, 7) is -0.717. The molecule has 0 bridgehead atoms. The van der Waals surface area contributed by atoms with E-state index < -0.39 is 16.7 Å². The smallest absolute Gasteiger partial charge is 0.265 e. The van der Waals surface area contributed by atoms with E-state index in [4.69, 9.17) is 11.6 Å². The highest BCUT2D eigenvalue weighted by Gasteiger charge is 2.30. The Morgan fingerprint density at radius 3 is 2.44 bits per heavy atom. The van der Waals surface area contributed by atoms with Gasteiger partial charge in [0.1, 0.15) is 12.3 Å². The Kier molecular flexibility index (Phi) is 5.80. The van der Waals surface area contributed by atoms with Gasteiger partial charge in [0.25, 0.3) is 10.0 Å². The van der Waals surface area contributed by atoms with Crippen LogP contribution in [0.3, 0.4) is 0 Å². The molecule has 5 rings (SSSR count). The first kappa shape index (κ1) is 22.1. The quantitative estimate of drug-likeness (QED) is 0.317. The Labute approximate surface area is 200 Å². The molecule has 0 amide bonds. The monoisotopic (exact) mass is 495 g/mol. The lowest BCUT2D eigenvalue weighted by atomic mass is 10.1. The molecule has 0 spiro atoms. The SMILES string of the molecule is O=S(=O)(c1ccc(-n2cccn2)cc1)N(Cc1cccc(CF)c1)c1nc2ccccn2c1Cl. The van der Waals surface area contributed by atoms with Gasteiger partial charge in [-0.15, -0.1) is 0 Å². The van der Waals surface area contributed by atoms with Crippen LogP contribution in [0.1, 0.15) is 11.1 Å². The number of alkyl halides is 1. The molecular weight excluding hydrogens is 477 g/mol. The molecule has 172 valence electrons. The van der Waals surface area contributed by atoms with Crippen molar-refractivity contribution < 1.29 is 12.8 Å². The van der Waals surface area contributed by atoms with Crippen molar-refractivity contribution in [1.82, 2.24) is 19.2 Å². The summed E-state index contributed by atoms with van der Waals surface area (Å²) in [6, 6.07) is 20.2. The van der Waals surface area contributed by atoms with Gasteiger partial charge in [-0.3, -0.25) is 4.40 Å². The maximum atomic E-state index is 13.8. The van der Waals surface area contributed by atoms with E-state index in [1.807, 2.05) is 0 Å². The predicted octanol–water partition coefficient (Wildman–Crippen LogP) is 5.04. The van der Waals surface area contributed by atoms with Gasteiger partial charge in [-0.2, -0.15) is 5.10 Å². The average Bonchev–Trinajstić information content (AvgIpc) is 3.51. The minimum Gasteiger partial charge on any atom is -0.289 e. The van der Waals surface area contributed by atoms with Crippen LogP contribution in [0.5, 0.6) is 0 Å². The number of rotatable bonds is 7. The number of nitrogens with zero attached hydrogens (tertiary/aromatic N) is 5. The molecule has 0 unspecified atom stereocenters. The minimum atomic E-state index is -4.08. The molecule has 3 heterocycles. The standard InChI is InChI=1S/C24H19ClFN5O2S/c25-23-24(28-22-7-1-2-13-29(22)23)31(17-19-6-3-5-18(15-19)16-26)34(32,33)21-10-8-20(9-11-21)30-14-4-12-27-30/h1-15H,16-17H2. The topological polar surface area (TPSA) is 72.5 Å². The van der Waals surface area contributed by atoms with E-state index in [-0.39, 0.29) is 22.4 Å². The van der Waals surface area contributed by atoms with Crippen LogP contribution in [-0.4, -0.2) is 27.6 Å². The van der Waals surface area contributed by atoms with Crippen LogP contribution < -0.4 is 4.31 Å². The van der Waals surface area contributed by atoms with Crippen molar-refractivity contribution in [2.24, 2.45) is 0 Å². The lowest BCUT2D eigenvalue weighted by Crippen LogP contribution is -2.31. The number of sulfonamides is 1. The van der Waals surface area contributed by atoms with Crippen LogP contribution >= 0.6 is 11.6 Å². The number of imidazole rings is 1. The molecule has 0 fully saturated rings. The molecule has 0 aliphatic heterocycles. The number of pyridine rings is 1. The van der Waals surface area contributed by atoms with Crippen molar-refractivity contribution in [1.29, 1.82) is 0 Å². The van der Waals surface area contributed by atoms with Crippen molar-refractivity contribution in [2.75, 3.05) is 4.31 Å². The van der Waals surface area contributed by atoms with Gasteiger partial charge in [-0.25, -0.2) is 26.8 Å². The zero-order valence-electron chi connectivity index (χ0n) is 17.8. The first-order valence-corrected chi connectivity index (χ1v) is 12.2.